The molecule has 1 rings (SSSR count). The van der Waals surface area contributed by atoms with Crippen LogP contribution in [0.4, 0.5) is 0 Å². The minimum Gasteiger partial charge on any atom is -0.477 e. The lowest BCUT2D eigenvalue weighted by atomic mass is 10.1. The Balaban J connectivity index is 2.65. The summed E-state index contributed by atoms with van der Waals surface area (Å²) in [6.45, 7) is 6.68. The quantitative estimate of drug-likeness (QED) is 0.727. The van der Waals surface area contributed by atoms with Crippen LogP contribution in [0.1, 0.15) is 34.0 Å². The zero-order chi connectivity index (χ0) is 13.0. The van der Waals surface area contributed by atoms with E-state index >= 15 is 0 Å². The number of aromatic carboxylic acids is 1. The fourth-order valence-corrected chi connectivity index (χ4v) is 2.43. The van der Waals surface area contributed by atoms with E-state index in [1.54, 1.807) is 6.07 Å². The molecule has 5 heteroatoms. The molecular formula is C12H19NO3S. The van der Waals surface area contributed by atoms with Crippen molar-refractivity contribution in [1.82, 2.24) is 5.32 Å². The van der Waals surface area contributed by atoms with Crippen molar-refractivity contribution in [1.29, 1.82) is 0 Å². The van der Waals surface area contributed by atoms with Crippen LogP contribution in [-0.2, 0) is 6.54 Å². The van der Waals surface area contributed by atoms with E-state index in [-0.39, 0.29) is 12.6 Å². The number of carbonyl (C=O) groups is 1. The number of rotatable bonds is 6. The highest BCUT2D eigenvalue weighted by atomic mass is 32.1. The molecular weight excluding hydrogens is 238 g/mol. The van der Waals surface area contributed by atoms with Crippen molar-refractivity contribution in [3.63, 3.8) is 0 Å². The molecule has 0 spiro atoms. The van der Waals surface area contributed by atoms with Crippen molar-refractivity contribution >= 4 is 17.3 Å². The maximum atomic E-state index is 10.8. The number of aryl methyl sites for hydroxylation is 1. The van der Waals surface area contributed by atoms with Crippen LogP contribution < -0.4 is 5.32 Å². The first-order chi connectivity index (χ1) is 7.95. The average Bonchev–Trinajstić information content (AvgIpc) is 2.61. The summed E-state index contributed by atoms with van der Waals surface area (Å²) in [5.41, 5.74) is 0.992. The highest BCUT2D eigenvalue weighted by molar-refractivity contribution is 7.14. The van der Waals surface area contributed by atoms with Crippen LogP contribution >= 0.6 is 11.3 Å². The third kappa shape index (κ3) is 3.80. The molecule has 3 N–H and O–H groups in total. The van der Waals surface area contributed by atoms with Gasteiger partial charge in [-0.3, -0.25) is 0 Å². The first-order valence-corrected chi connectivity index (χ1v) is 6.44. The molecule has 17 heavy (non-hydrogen) atoms. The summed E-state index contributed by atoms with van der Waals surface area (Å²) in [7, 11) is 0. The SMILES string of the molecule is Cc1sc(C(=O)O)cc1CNC(CO)C(C)C. The molecule has 0 saturated heterocycles. The summed E-state index contributed by atoms with van der Waals surface area (Å²) < 4.78 is 0. The van der Waals surface area contributed by atoms with Crippen molar-refractivity contribution in [2.75, 3.05) is 6.61 Å². The first kappa shape index (κ1) is 14.2. The molecule has 0 radical (unpaired) electrons. The predicted molar refractivity (Wildman–Crippen MR) is 68.6 cm³/mol. The Morgan fingerprint density at radius 1 is 1.53 bits per heavy atom. The van der Waals surface area contributed by atoms with Crippen LogP contribution in [0.25, 0.3) is 0 Å². The summed E-state index contributed by atoms with van der Waals surface area (Å²) >= 11 is 1.29. The fourth-order valence-electron chi connectivity index (χ4n) is 1.55. The van der Waals surface area contributed by atoms with E-state index < -0.39 is 5.97 Å². The van der Waals surface area contributed by atoms with Crippen molar-refractivity contribution in [2.45, 2.75) is 33.4 Å². The van der Waals surface area contributed by atoms with Crippen molar-refractivity contribution < 1.29 is 15.0 Å². The van der Waals surface area contributed by atoms with Gasteiger partial charge in [0.05, 0.1) is 6.61 Å². The third-order valence-electron chi connectivity index (χ3n) is 2.79. The molecule has 0 aliphatic heterocycles. The molecule has 1 atom stereocenters. The van der Waals surface area contributed by atoms with Gasteiger partial charge in [0.1, 0.15) is 4.88 Å². The summed E-state index contributed by atoms with van der Waals surface area (Å²) in [4.78, 5) is 12.2. The molecule has 1 heterocycles. The van der Waals surface area contributed by atoms with Gasteiger partial charge in [0.2, 0.25) is 0 Å². The van der Waals surface area contributed by atoms with Gasteiger partial charge in [-0.05, 0) is 24.5 Å². The summed E-state index contributed by atoms with van der Waals surface area (Å²) in [6, 6.07) is 1.74. The number of hydrogen-bond donors (Lipinski definition) is 3. The van der Waals surface area contributed by atoms with Gasteiger partial charge in [-0.1, -0.05) is 13.8 Å². The van der Waals surface area contributed by atoms with E-state index in [2.05, 4.69) is 5.32 Å². The van der Waals surface area contributed by atoms with Gasteiger partial charge in [-0.25, -0.2) is 4.79 Å². The molecule has 1 aromatic heterocycles. The number of carboxylic acids is 1. The Morgan fingerprint density at radius 2 is 2.18 bits per heavy atom. The van der Waals surface area contributed by atoms with Crippen LogP contribution in [0.3, 0.4) is 0 Å². The summed E-state index contributed by atoms with van der Waals surface area (Å²) in [6.07, 6.45) is 0. The van der Waals surface area contributed by atoms with Crippen LogP contribution in [0.15, 0.2) is 6.07 Å². The molecule has 0 fully saturated rings. The second-order valence-electron chi connectivity index (χ2n) is 4.41. The largest absolute Gasteiger partial charge is 0.477 e. The number of carboxylic acid groups (broad SMARTS) is 1. The second kappa shape index (κ2) is 6.14. The topological polar surface area (TPSA) is 69.6 Å². The van der Waals surface area contributed by atoms with Gasteiger partial charge in [-0.2, -0.15) is 0 Å². The Kier molecular flexibility index (Phi) is 5.11. The van der Waals surface area contributed by atoms with Gasteiger partial charge in [0, 0.05) is 17.5 Å². The highest BCUT2D eigenvalue weighted by Crippen LogP contribution is 2.21. The standard InChI is InChI=1S/C12H19NO3S/c1-7(2)10(6-14)13-5-9-4-11(12(15)16)17-8(9)3/h4,7,10,13-14H,5-6H2,1-3H3,(H,15,16). The minimum absolute atomic E-state index is 0.0441. The Labute approximate surface area is 105 Å². The fraction of sp³-hybridized carbons (Fsp3) is 0.583. The van der Waals surface area contributed by atoms with E-state index in [1.807, 2.05) is 20.8 Å². The summed E-state index contributed by atoms with van der Waals surface area (Å²) in [5.74, 6) is -0.537. The van der Waals surface area contributed by atoms with Crippen LogP contribution in [0, 0.1) is 12.8 Å². The lowest BCUT2D eigenvalue weighted by Crippen LogP contribution is -2.36. The Hall–Kier alpha value is -0.910. The van der Waals surface area contributed by atoms with Gasteiger partial charge in [0.15, 0.2) is 0 Å². The minimum atomic E-state index is -0.882. The predicted octanol–water partition coefficient (Wildman–Crippen LogP) is 1.86. The zero-order valence-corrected chi connectivity index (χ0v) is 11.2. The monoisotopic (exact) mass is 257 g/mol. The molecule has 4 nitrogen and oxygen atoms in total. The molecule has 0 aromatic carbocycles. The van der Waals surface area contributed by atoms with Gasteiger partial charge < -0.3 is 15.5 Å². The van der Waals surface area contributed by atoms with E-state index in [9.17, 15) is 9.90 Å². The molecule has 0 bridgehead atoms. The number of hydrogen-bond acceptors (Lipinski definition) is 4. The number of thiophene rings is 1. The van der Waals surface area contributed by atoms with Crippen LogP contribution in [0.5, 0.6) is 0 Å². The summed E-state index contributed by atoms with van der Waals surface area (Å²) in [5, 5.41) is 21.3. The normalized spacial score (nSPS) is 13.0. The molecule has 1 unspecified atom stereocenters. The van der Waals surface area contributed by atoms with Gasteiger partial charge >= 0.3 is 5.97 Å². The second-order valence-corrected chi connectivity index (χ2v) is 5.67. The number of aliphatic hydroxyl groups excluding tert-OH is 1. The Morgan fingerprint density at radius 3 is 2.59 bits per heavy atom. The van der Waals surface area contributed by atoms with Crippen LogP contribution in [0.2, 0.25) is 0 Å². The first-order valence-electron chi connectivity index (χ1n) is 5.62. The van der Waals surface area contributed by atoms with Crippen molar-refractivity contribution in [3.05, 3.63) is 21.4 Å². The Bertz CT molecular complexity index is 387. The lowest BCUT2D eigenvalue weighted by Gasteiger charge is -2.19. The van der Waals surface area contributed by atoms with Crippen LogP contribution in [-0.4, -0.2) is 28.8 Å². The lowest BCUT2D eigenvalue weighted by molar-refractivity contribution is 0.0702. The maximum Gasteiger partial charge on any atom is 0.345 e. The highest BCUT2D eigenvalue weighted by Gasteiger charge is 2.14. The van der Waals surface area contributed by atoms with E-state index in [4.69, 9.17) is 5.11 Å². The van der Waals surface area contributed by atoms with E-state index in [0.717, 1.165) is 10.4 Å². The van der Waals surface area contributed by atoms with E-state index in [1.165, 1.54) is 11.3 Å². The number of aliphatic hydroxyl groups is 1. The molecule has 0 aliphatic carbocycles. The van der Waals surface area contributed by atoms with Crippen molar-refractivity contribution in [2.24, 2.45) is 5.92 Å². The molecule has 0 saturated carbocycles. The average molecular weight is 257 g/mol. The van der Waals surface area contributed by atoms with Crippen molar-refractivity contribution in [3.8, 4) is 0 Å². The number of nitrogens with one attached hydrogen (secondary N) is 1. The van der Waals surface area contributed by atoms with Gasteiger partial charge in [0.25, 0.3) is 0 Å². The molecule has 1 aromatic rings. The smallest absolute Gasteiger partial charge is 0.345 e. The van der Waals surface area contributed by atoms with E-state index in [0.29, 0.717) is 17.3 Å². The maximum absolute atomic E-state index is 10.8. The molecule has 96 valence electrons. The zero-order valence-electron chi connectivity index (χ0n) is 10.4. The van der Waals surface area contributed by atoms with Gasteiger partial charge in [-0.15, -0.1) is 11.3 Å². The molecule has 0 amide bonds. The molecule has 0 aliphatic rings. The third-order valence-corrected chi connectivity index (χ3v) is 3.87.